The van der Waals surface area contributed by atoms with Crippen LogP contribution in [-0.4, -0.2) is 58.4 Å². The standard InChI is InChI=1S/C15H22N2O4/c18-13(19)9-17(12-5-6-12)15(21)11-2-1-7-16(8-11)14(20)10-3-4-10/h10-12H,1-9H2,(H,18,19). The number of nitrogens with zero attached hydrogens (tertiary/aromatic N) is 2. The molecule has 2 amide bonds. The second kappa shape index (κ2) is 5.66. The van der Waals surface area contributed by atoms with Gasteiger partial charge in [0.1, 0.15) is 6.54 Å². The first-order valence-corrected chi connectivity index (χ1v) is 7.87. The molecule has 0 spiro atoms. The third kappa shape index (κ3) is 3.36. The third-order valence-corrected chi connectivity index (χ3v) is 4.59. The summed E-state index contributed by atoms with van der Waals surface area (Å²) in [7, 11) is 0. The fourth-order valence-corrected chi connectivity index (χ4v) is 3.12. The first-order valence-electron chi connectivity index (χ1n) is 7.87. The lowest BCUT2D eigenvalue weighted by molar-refractivity contribution is -0.149. The van der Waals surface area contributed by atoms with Crippen molar-refractivity contribution >= 4 is 17.8 Å². The van der Waals surface area contributed by atoms with E-state index in [0.29, 0.717) is 6.54 Å². The van der Waals surface area contributed by atoms with E-state index < -0.39 is 5.97 Å². The van der Waals surface area contributed by atoms with Crippen LogP contribution < -0.4 is 0 Å². The Morgan fingerprint density at radius 2 is 1.76 bits per heavy atom. The van der Waals surface area contributed by atoms with Crippen LogP contribution in [0.3, 0.4) is 0 Å². The Kier molecular flexibility index (Phi) is 3.87. The highest BCUT2D eigenvalue weighted by Crippen LogP contribution is 2.34. The van der Waals surface area contributed by atoms with Crippen LogP contribution >= 0.6 is 0 Å². The molecule has 0 aromatic rings. The fraction of sp³-hybridized carbons (Fsp3) is 0.800. The number of hydrogen-bond donors (Lipinski definition) is 1. The molecular weight excluding hydrogens is 272 g/mol. The SMILES string of the molecule is O=C(O)CN(C(=O)C1CCCN(C(=O)C2CC2)C1)C1CC1. The Morgan fingerprint density at radius 3 is 2.33 bits per heavy atom. The number of carbonyl (C=O) groups is 3. The summed E-state index contributed by atoms with van der Waals surface area (Å²) in [6, 6.07) is 0.100. The second-order valence-electron chi connectivity index (χ2n) is 6.49. The first kappa shape index (κ1) is 14.4. The van der Waals surface area contributed by atoms with Crippen molar-refractivity contribution in [3.8, 4) is 0 Å². The summed E-state index contributed by atoms with van der Waals surface area (Å²) in [6.45, 7) is 0.995. The van der Waals surface area contributed by atoms with Gasteiger partial charge in [-0.3, -0.25) is 14.4 Å². The van der Waals surface area contributed by atoms with Crippen LogP contribution in [-0.2, 0) is 14.4 Å². The van der Waals surface area contributed by atoms with Crippen molar-refractivity contribution in [2.75, 3.05) is 19.6 Å². The number of hydrogen-bond acceptors (Lipinski definition) is 3. The summed E-state index contributed by atoms with van der Waals surface area (Å²) in [4.78, 5) is 39.0. The van der Waals surface area contributed by atoms with Crippen LogP contribution in [0.2, 0.25) is 0 Å². The smallest absolute Gasteiger partial charge is 0.323 e. The predicted molar refractivity (Wildman–Crippen MR) is 74.4 cm³/mol. The van der Waals surface area contributed by atoms with Crippen LogP contribution in [0.5, 0.6) is 0 Å². The lowest BCUT2D eigenvalue weighted by Gasteiger charge is -2.34. The number of amides is 2. The molecule has 3 rings (SSSR count). The van der Waals surface area contributed by atoms with Gasteiger partial charge in [0.15, 0.2) is 0 Å². The van der Waals surface area contributed by atoms with Gasteiger partial charge in [0.25, 0.3) is 0 Å². The number of aliphatic carboxylic acids is 1. The van der Waals surface area contributed by atoms with Gasteiger partial charge in [0.05, 0.1) is 5.92 Å². The Labute approximate surface area is 124 Å². The molecule has 21 heavy (non-hydrogen) atoms. The highest BCUT2D eigenvalue weighted by Gasteiger charge is 2.40. The Balaban J connectivity index is 1.62. The summed E-state index contributed by atoms with van der Waals surface area (Å²) in [6.07, 6.45) is 5.34. The van der Waals surface area contributed by atoms with Crippen molar-refractivity contribution in [2.24, 2.45) is 11.8 Å². The fourth-order valence-electron chi connectivity index (χ4n) is 3.12. The maximum atomic E-state index is 12.6. The normalized spacial score (nSPS) is 25.5. The van der Waals surface area contributed by atoms with Crippen LogP contribution in [0.25, 0.3) is 0 Å². The van der Waals surface area contributed by atoms with E-state index in [-0.39, 0.29) is 36.2 Å². The molecule has 6 nitrogen and oxygen atoms in total. The van der Waals surface area contributed by atoms with E-state index >= 15 is 0 Å². The maximum absolute atomic E-state index is 12.6. The monoisotopic (exact) mass is 294 g/mol. The number of carboxylic acid groups (broad SMARTS) is 1. The van der Waals surface area contributed by atoms with E-state index in [4.69, 9.17) is 5.11 Å². The molecule has 6 heteroatoms. The molecule has 3 fully saturated rings. The zero-order valence-corrected chi connectivity index (χ0v) is 12.2. The zero-order chi connectivity index (χ0) is 15.0. The molecular formula is C15H22N2O4. The minimum atomic E-state index is -0.961. The molecule has 2 aliphatic carbocycles. The summed E-state index contributed by atoms with van der Waals surface area (Å²) in [5, 5.41) is 8.97. The first-order chi connectivity index (χ1) is 10.1. The topological polar surface area (TPSA) is 77.9 Å². The van der Waals surface area contributed by atoms with Crippen molar-refractivity contribution in [1.29, 1.82) is 0 Å². The van der Waals surface area contributed by atoms with Crippen molar-refractivity contribution in [1.82, 2.24) is 9.80 Å². The molecule has 2 saturated carbocycles. The molecule has 1 unspecified atom stereocenters. The van der Waals surface area contributed by atoms with Gasteiger partial charge in [-0.25, -0.2) is 0 Å². The summed E-state index contributed by atoms with van der Waals surface area (Å²) >= 11 is 0. The van der Waals surface area contributed by atoms with Crippen LogP contribution in [0, 0.1) is 11.8 Å². The van der Waals surface area contributed by atoms with Gasteiger partial charge >= 0.3 is 5.97 Å². The number of piperidine rings is 1. The Morgan fingerprint density at radius 1 is 1.05 bits per heavy atom. The van der Waals surface area contributed by atoms with Gasteiger partial charge in [-0.05, 0) is 38.5 Å². The molecule has 0 aromatic heterocycles. The molecule has 1 N–H and O–H groups in total. The molecule has 1 heterocycles. The van der Waals surface area contributed by atoms with Gasteiger partial charge in [0.2, 0.25) is 11.8 Å². The molecule has 1 aliphatic heterocycles. The van der Waals surface area contributed by atoms with Gasteiger partial charge in [-0.1, -0.05) is 0 Å². The summed E-state index contributed by atoms with van der Waals surface area (Å²) in [5.74, 6) is -0.896. The molecule has 1 saturated heterocycles. The average molecular weight is 294 g/mol. The summed E-state index contributed by atoms with van der Waals surface area (Å²) in [5.41, 5.74) is 0. The summed E-state index contributed by atoms with van der Waals surface area (Å²) < 4.78 is 0. The molecule has 0 radical (unpaired) electrons. The highest BCUT2D eigenvalue weighted by molar-refractivity contribution is 5.85. The van der Waals surface area contributed by atoms with Gasteiger partial charge in [-0.15, -0.1) is 0 Å². The van der Waals surface area contributed by atoms with E-state index in [1.807, 2.05) is 4.90 Å². The number of likely N-dealkylation sites (tertiary alicyclic amines) is 1. The Bertz CT molecular complexity index is 457. The highest BCUT2D eigenvalue weighted by atomic mass is 16.4. The van der Waals surface area contributed by atoms with Crippen molar-refractivity contribution < 1.29 is 19.5 Å². The Hall–Kier alpha value is -1.59. The van der Waals surface area contributed by atoms with E-state index in [1.165, 1.54) is 4.90 Å². The van der Waals surface area contributed by atoms with E-state index in [1.54, 1.807) is 0 Å². The van der Waals surface area contributed by atoms with Crippen LogP contribution in [0.4, 0.5) is 0 Å². The number of rotatable bonds is 5. The number of carboxylic acids is 1. The largest absolute Gasteiger partial charge is 0.480 e. The van der Waals surface area contributed by atoms with E-state index in [9.17, 15) is 14.4 Å². The zero-order valence-electron chi connectivity index (χ0n) is 12.2. The number of carbonyl (C=O) groups excluding carboxylic acids is 2. The quantitative estimate of drug-likeness (QED) is 0.810. The van der Waals surface area contributed by atoms with Crippen molar-refractivity contribution in [3.63, 3.8) is 0 Å². The molecule has 1 atom stereocenters. The minimum absolute atomic E-state index is 0.0757. The molecule has 0 aromatic carbocycles. The average Bonchev–Trinajstić information content (AvgIpc) is 3.35. The lowest BCUT2D eigenvalue weighted by Crippen LogP contribution is -2.48. The molecule has 3 aliphatic rings. The maximum Gasteiger partial charge on any atom is 0.323 e. The third-order valence-electron chi connectivity index (χ3n) is 4.59. The van der Waals surface area contributed by atoms with Crippen LogP contribution in [0.1, 0.15) is 38.5 Å². The molecule has 0 bridgehead atoms. The molecule has 116 valence electrons. The van der Waals surface area contributed by atoms with Crippen LogP contribution in [0.15, 0.2) is 0 Å². The van der Waals surface area contributed by atoms with Gasteiger partial charge in [-0.2, -0.15) is 0 Å². The second-order valence-corrected chi connectivity index (χ2v) is 6.49. The minimum Gasteiger partial charge on any atom is -0.480 e. The lowest BCUT2D eigenvalue weighted by atomic mass is 9.96. The van der Waals surface area contributed by atoms with Crippen molar-refractivity contribution in [2.45, 2.75) is 44.6 Å². The van der Waals surface area contributed by atoms with Crippen molar-refractivity contribution in [3.05, 3.63) is 0 Å². The van der Waals surface area contributed by atoms with E-state index in [2.05, 4.69) is 0 Å². The van der Waals surface area contributed by atoms with Gasteiger partial charge < -0.3 is 14.9 Å². The predicted octanol–water partition coefficient (Wildman–Crippen LogP) is 0.711. The van der Waals surface area contributed by atoms with Gasteiger partial charge in [0, 0.05) is 25.0 Å². The van der Waals surface area contributed by atoms with E-state index in [0.717, 1.165) is 45.1 Å².